The third-order valence-corrected chi connectivity index (χ3v) is 3.09. The maximum absolute atomic E-state index is 13.3. The Morgan fingerprint density at radius 2 is 2.05 bits per heavy atom. The second-order valence-electron chi connectivity index (χ2n) is 5.48. The van der Waals surface area contributed by atoms with Crippen molar-refractivity contribution in [2.45, 2.75) is 26.7 Å². The molecule has 1 aromatic carbocycles. The second-order valence-corrected chi connectivity index (χ2v) is 5.48. The molecule has 0 radical (unpaired) electrons. The van der Waals surface area contributed by atoms with E-state index in [1.807, 2.05) is 0 Å². The van der Waals surface area contributed by atoms with Crippen molar-refractivity contribution in [3.05, 3.63) is 29.6 Å². The number of nitrogens with two attached hydrogens (primary N) is 1. The van der Waals surface area contributed by atoms with E-state index in [0.717, 1.165) is 18.6 Å². The highest BCUT2D eigenvalue weighted by atomic mass is 19.1. The molecule has 0 unspecified atom stereocenters. The third kappa shape index (κ3) is 5.51. The monoisotopic (exact) mass is 296 g/mol. The molecule has 1 amide bonds. The quantitative estimate of drug-likeness (QED) is 0.720. The van der Waals surface area contributed by atoms with E-state index in [1.54, 1.807) is 0 Å². The number of carbonyl (C=O) groups excluding carboxylic acids is 1. The Bertz CT molecular complexity index is 518. The molecule has 6 heteroatoms. The van der Waals surface area contributed by atoms with Crippen LogP contribution in [0.1, 0.15) is 37.0 Å². The number of amides is 1. The molecular weight excluding hydrogens is 275 g/mol. The summed E-state index contributed by atoms with van der Waals surface area (Å²) < 4.78 is 13.3. The zero-order valence-electron chi connectivity index (χ0n) is 12.2. The molecule has 4 N–H and O–H groups in total. The van der Waals surface area contributed by atoms with E-state index >= 15 is 0 Å². The first-order valence-electron chi connectivity index (χ1n) is 6.86. The average Bonchev–Trinajstić information content (AvgIpc) is 2.39. The van der Waals surface area contributed by atoms with Gasteiger partial charge in [0.15, 0.2) is 0 Å². The Balaban J connectivity index is 2.70. The molecule has 1 atom stereocenters. The van der Waals surface area contributed by atoms with E-state index in [2.05, 4.69) is 19.2 Å². The lowest BCUT2D eigenvalue weighted by molar-refractivity contribution is -0.117. The van der Waals surface area contributed by atoms with E-state index in [-0.39, 0.29) is 23.9 Å². The summed E-state index contributed by atoms with van der Waals surface area (Å²) in [6.07, 6.45) is 1.10. The molecule has 0 bridgehead atoms. The predicted octanol–water partition coefficient (Wildman–Crippen LogP) is 2.47. The number of hydrogen-bond acceptors (Lipinski definition) is 3. The Morgan fingerprint density at radius 1 is 1.38 bits per heavy atom. The number of anilines is 1. The van der Waals surface area contributed by atoms with Gasteiger partial charge in [-0.1, -0.05) is 13.8 Å². The van der Waals surface area contributed by atoms with Crippen LogP contribution in [0.15, 0.2) is 18.2 Å². The fourth-order valence-corrected chi connectivity index (χ4v) is 2.17. The standard InChI is InChI=1S/C15H21FN2O3/c1-9(2)5-10(8-17)6-14(19)18-11-3-4-13(16)12(7-11)15(20)21/h3-4,7,9-10H,5-6,8,17H2,1-2H3,(H,18,19)(H,20,21)/t10-/m0/s1. The van der Waals surface area contributed by atoms with Crippen LogP contribution in [0.4, 0.5) is 10.1 Å². The van der Waals surface area contributed by atoms with Crippen LogP contribution in [0.5, 0.6) is 0 Å². The van der Waals surface area contributed by atoms with Gasteiger partial charge in [0.25, 0.3) is 0 Å². The largest absolute Gasteiger partial charge is 0.478 e. The fraction of sp³-hybridized carbons (Fsp3) is 0.467. The van der Waals surface area contributed by atoms with Gasteiger partial charge in [-0.3, -0.25) is 4.79 Å². The van der Waals surface area contributed by atoms with Gasteiger partial charge in [0.1, 0.15) is 5.82 Å². The summed E-state index contributed by atoms with van der Waals surface area (Å²) in [6.45, 7) is 4.52. The third-order valence-electron chi connectivity index (χ3n) is 3.09. The van der Waals surface area contributed by atoms with Crippen LogP contribution in [0.3, 0.4) is 0 Å². The summed E-state index contributed by atoms with van der Waals surface area (Å²) in [5.74, 6) is -1.95. The molecule has 0 fully saturated rings. The highest BCUT2D eigenvalue weighted by Gasteiger charge is 2.16. The minimum absolute atomic E-state index is 0.0735. The number of carboxylic acids is 1. The van der Waals surface area contributed by atoms with Gasteiger partial charge in [0.2, 0.25) is 5.91 Å². The highest BCUT2D eigenvalue weighted by Crippen LogP contribution is 2.18. The summed E-state index contributed by atoms with van der Waals surface area (Å²) >= 11 is 0. The van der Waals surface area contributed by atoms with Crippen LogP contribution in [0, 0.1) is 17.7 Å². The van der Waals surface area contributed by atoms with Crippen LogP contribution < -0.4 is 11.1 Å². The molecule has 0 heterocycles. The highest BCUT2D eigenvalue weighted by molar-refractivity contribution is 5.94. The number of aromatic carboxylic acids is 1. The van der Waals surface area contributed by atoms with Crippen LogP contribution in [-0.2, 0) is 4.79 Å². The van der Waals surface area contributed by atoms with Gasteiger partial charge in [-0.2, -0.15) is 0 Å². The molecule has 21 heavy (non-hydrogen) atoms. The molecule has 0 spiro atoms. The molecule has 5 nitrogen and oxygen atoms in total. The van der Waals surface area contributed by atoms with Gasteiger partial charge in [-0.15, -0.1) is 0 Å². The number of hydrogen-bond donors (Lipinski definition) is 3. The lowest BCUT2D eigenvalue weighted by Crippen LogP contribution is -2.23. The van der Waals surface area contributed by atoms with Gasteiger partial charge in [-0.25, -0.2) is 9.18 Å². The first-order chi connectivity index (χ1) is 9.83. The number of halogens is 1. The molecular formula is C15H21FN2O3. The SMILES string of the molecule is CC(C)C[C@H](CN)CC(=O)Nc1ccc(F)c(C(=O)O)c1. The zero-order valence-corrected chi connectivity index (χ0v) is 12.2. The van der Waals surface area contributed by atoms with Gasteiger partial charge >= 0.3 is 5.97 Å². The van der Waals surface area contributed by atoms with Crippen molar-refractivity contribution in [2.24, 2.45) is 17.6 Å². The minimum atomic E-state index is -1.37. The molecule has 0 aromatic heterocycles. The van der Waals surface area contributed by atoms with E-state index in [9.17, 15) is 14.0 Å². The average molecular weight is 296 g/mol. The van der Waals surface area contributed by atoms with Crippen molar-refractivity contribution in [1.82, 2.24) is 0 Å². The lowest BCUT2D eigenvalue weighted by atomic mass is 9.94. The summed E-state index contributed by atoms with van der Waals surface area (Å²) in [6, 6.07) is 3.46. The Labute approximate surface area is 123 Å². The number of nitrogens with one attached hydrogen (secondary N) is 1. The molecule has 116 valence electrons. The Hall–Kier alpha value is -1.95. The maximum Gasteiger partial charge on any atom is 0.338 e. The first kappa shape index (κ1) is 17.1. The number of benzene rings is 1. The summed E-state index contributed by atoms with van der Waals surface area (Å²) in [5, 5.41) is 11.4. The second kappa shape index (κ2) is 7.73. The number of rotatable bonds is 7. The summed E-state index contributed by atoms with van der Waals surface area (Å²) in [5.41, 5.74) is 5.43. The van der Waals surface area contributed by atoms with E-state index in [0.29, 0.717) is 12.5 Å². The summed E-state index contributed by atoms with van der Waals surface area (Å²) in [7, 11) is 0. The Kier molecular flexibility index (Phi) is 6.30. The number of carbonyl (C=O) groups is 2. The smallest absolute Gasteiger partial charge is 0.338 e. The lowest BCUT2D eigenvalue weighted by Gasteiger charge is -2.16. The molecule has 1 aromatic rings. The van der Waals surface area contributed by atoms with Crippen molar-refractivity contribution >= 4 is 17.6 Å². The van der Waals surface area contributed by atoms with Gasteiger partial charge in [0, 0.05) is 12.1 Å². The van der Waals surface area contributed by atoms with E-state index in [4.69, 9.17) is 10.8 Å². The zero-order chi connectivity index (χ0) is 16.0. The fourth-order valence-electron chi connectivity index (χ4n) is 2.17. The van der Waals surface area contributed by atoms with Crippen molar-refractivity contribution in [3.8, 4) is 0 Å². The predicted molar refractivity (Wildman–Crippen MR) is 78.6 cm³/mol. The minimum Gasteiger partial charge on any atom is -0.478 e. The summed E-state index contributed by atoms with van der Waals surface area (Å²) in [4.78, 5) is 22.8. The maximum atomic E-state index is 13.3. The first-order valence-corrected chi connectivity index (χ1v) is 6.86. The molecule has 0 saturated carbocycles. The molecule has 0 aliphatic heterocycles. The number of carboxylic acid groups (broad SMARTS) is 1. The Morgan fingerprint density at radius 3 is 2.57 bits per heavy atom. The molecule has 1 rings (SSSR count). The van der Waals surface area contributed by atoms with Crippen molar-refractivity contribution in [1.29, 1.82) is 0 Å². The van der Waals surface area contributed by atoms with Crippen LogP contribution in [0.2, 0.25) is 0 Å². The van der Waals surface area contributed by atoms with Gasteiger partial charge in [-0.05, 0) is 43.0 Å². The van der Waals surface area contributed by atoms with Crippen molar-refractivity contribution < 1.29 is 19.1 Å². The molecule has 0 saturated heterocycles. The van der Waals surface area contributed by atoms with Crippen LogP contribution in [0.25, 0.3) is 0 Å². The molecule has 0 aliphatic carbocycles. The topological polar surface area (TPSA) is 92.4 Å². The van der Waals surface area contributed by atoms with E-state index < -0.39 is 17.3 Å². The van der Waals surface area contributed by atoms with Gasteiger partial charge in [0.05, 0.1) is 5.56 Å². The van der Waals surface area contributed by atoms with Crippen molar-refractivity contribution in [3.63, 3.8) is 0 Å². The van der Waals surface area contributed by atoms with Crippen molar-refractivity contribution in [2.75, 3.05) is 11.9 Å². The normalized spacial score (nSPS) is 12.2. The van der Waals surface area contributed by atoms with E-state index in [1.165, 1.54) is 6.07 Å². The van der Waals surface area contributed by atoms with Gasteiger partial charge < -0.3 is 16.2 Å². The molecule has 0 aliphatic rings. The van der Waals surface area contributed by atoms with Crippen LogP contribution >= 0.6 is 0 Å². The van der Waals surface area contributed by atoms with Crippen LogP contribution in [-0.4, -0.2) is 23.5 Å².